The Hall–Kier alpha value is -3.78. The van der Waals surface area contributed by atoms with E-state index in [9.17, 15) is 30.0 Å². The van der Waals surface area contributed by atoms with Gasteiger partial charge in [0.15, 0.2) is 11.5 Å². The van der Waals surface area contributed by atoms with Crippen molar-refractivity contribution in [3.8, 4) is 28.4 Å². The number of phenols is 2. The van der Waals surface area contributed by atoms with Gasteiger partial charge in [0.25, 0.3) is 0 Å². The minimum Gasteiger partial charge on any atom is -0.508 e. The molecule has 2 aliphatic rings. The lowest BCUT2D eigenvalue weighted by molar-refractivity contribution is -0.124. The van der Waals surface area contributed by atoms with E-state index in [-0.39, 0.29) is 55.1 Å². The molecule has 0 amide bonds. The number of carbonyl (C=O) groups is 2. The van der Waals surface area contributed by atoms with E-state index >= 15 is 0 Å². The first-order valence-electron chi connectivity index (χ1n) is 19.6. The Bertz CT molecular complexity index is 1980. The molecule has 3 unspecified atom stereocenters. The highest BCUT2D eigenvalue weighted by Crippen LogP contribution is 2.46. The summed E-state index contributed by atoms with van der Waals surface area (Å²) in [6.07, 6.45) is 5.47. The molecule has 4 aromatic carbocycles. The average Bonchev–Trinajstić information content (AvgIpc) is 3.19. The number of rotatable bonds is 10. The summed E-state index contributed by atoms with van der Waals surface area (Å²) < 4.78 is 12.7. The van der Waals surface area contributed by atoms with Gasteiger partial charge < -0.3 is 35.2 Å². The maximum Gasteiger partial charge on any atom is 0.168 e. The van der Waals surface area contributed by atoms with E-state index in [0.717, 1.165) is 58.7 Å². The summed E-state index contributed by atoms with van der Waals surface area (Å²) in [7, 11) is 4.71. The first kappa shape index (κ1) is 41.8. The van der Waals surface area contributed by atoms with Gasteiger partial charge in [-0.15, -0.1) is 0 Å². The number of carbonyl (C=O) groups excluding carboxylic acids is 2. The summed E-state index contributed by atoms with van der Waals surface area (Å²) in [4.78, 5) is 25.7. The molecule has 56 heavy (non-hydrogen) atoms. The maximum absolute atomic E-state index is 14.0. The lowest BCUT2D eigenvalue weighted by atomic mass is 9.89. The Morgan fingerprint density at radius 1 is 0.946 bits per heavy atom. The molecule has 10 nitrogen and oxygen atoms in total. The number of benzene rings is 4. The number of ketones is 2. The molecule has 1 aliphatic heterocycles. The van der Waals surface area contributed by atoms with Crippen molar-refractivity contribution >= 4 is 49.6 Å². The molecule has 0 saturated heterocycles. The topological polar surface area (TPSA) is 158 Å². The van der Waals surface area contributed by atoms with Crippen LogP contribution < -0.4 is 15.4 Å². The number of phenolic OH excluding ortho intramolecular Hbond substituents is 2. The quantitative estimate of drug-likeness (QED) is 0.0674. The number of anilines is 1. The Labute approximate surface area is 337 Å². The van der Waals surface area contributed by atoms with Crippen LogP contribution in [0.3, 0.4) is 0 Å². The number of hydrogen-bond acceptors (Lipinski definition) is 12. The number of aryl methyl sites for hydroxylation is 1. The van der Waals surface area contributed by atoms with Gasteiger partial charge in [-0.3, -0.25) is 14.9 Å². The zero-order chi connectivity index (χ0) is 39.6. The van der Waals surface area contributed by atoms with Crippen LogP contribution in [-0.2, 0) is 33.1 Å². The molecule has 6 rings (SSSR count). The Balaban J connectivity index is 1.31. The second kappa shape index (κ2) is 20.1. The number of methoxy groups -OCH3 is 1. The second-order valence-electron chi connectivity index (χ2n) is 14.9. The highest BCUT2D eigenvalue weighted by Gasteiger charge is 2.27. The van der Waals surface area contributed by atoms with Gasteiger partial charge in [0, 0.05) is 47.2 Å². The van der Waals surface area contributed by atoms with E-state index < -0.39 is 18.4 Å². The normalized spacial score (nSPS) is 19.5. The van der Waals surface area contributed by atoms with Crippen molar-refractivity contribution in [2.24, 2.45) is 0 Å². The number of nitrogens with one attached hydrogen (secondary N) is 2. The molecule has 1 heterocycles. The van der Waals surface area contributed by atoms with E-state index in [1.807, 2.05) is 42.5 Å². The van der Waals surface area contributed by atoms with Crippen molar-refractivity contribution in [3.05, 3.63) is 82.9 Å². The third-order valence-electron chi connectivity index (χ3n) is 10.8. The standard InChI is InChI=1S/C44H54N2O8S2/c1-27(48)23-45-40-18-11-30(20-31(40)24-47)44(46-32-6-4-3-5-7-32)54-36-16-15-35(51)25-55-56-26-39-37(17-10-28-8-13-34(50)22-38(28)39)42-29(9-14-33(49)21-36)12-19-41(52)43(42)53-2/h8,10-13,17-20,22,32,35-36,44-47,50-52H,3-7,9,14-16,21,23-26H2,1-2H3. The molecule has 1 aliphatic carbocycles. The SMILES string of the molecule is COc1c(O)ccc2c1-c1ccc3ccc(O)cc3c1CSSCC(O)CCC(OC(NC1CCCCC1)c1ccc(NCC(C)=O)c(CO)c1)CC(=O)CC2. The van der Waals surface area contributed by atoms with Crippen LogP contribution in [-0.4, -0.2) is 69.6 Å². The summed E-state index contributed by atoms with van der Waals surface area (Å²) in [5.41, 5.74) is 5.53. The van der Waals surface area contributed by atoms with E-state index in [2.05, 4.69) is 10.6 Å². The van der Waals surface area contributed by atoms with Crippen LogP contribution in [0.2, 0.25) is 0 Å². The molecule has 12 heteroatoms. The molecule has 6 N–H and O–H groups in total. The van der Waals surface area contributed by atoms with E-state index in [4.69, 9.17) is 9.47 Å². The Morgan fingerprint density at radius 2 is 1.75 bits per heavy atom. The van der Waals surface area contributed by atoms with Gasteiger partial charge >= 0.3 is 0 Å². The molecule has 0 aromatic heterocycles. The van der Waals surface area contributed by atoms with E-state index in [1.165, 1.54) is 20.5 Å². The summed E-state index contributed by atoms with van der Waals surface area (Å²) in [6, 6.07) is 18.7. The van der Waals surface area contributed by atoms with Crippen LogP contribution in [0.4, 0.5) is 5.69 Å². The van der Waals surface area contributed by atoms with E-state index in [0.29, 0.717) is 53.3 Å². The van der Waals surface area contributed by atoms with Crippen molar-refractivity contribution in [1.29, 1.82) is 0 Å². The zero-order valence-electron chi connectivity index (χ0n) is 32.2. The van der Waals surface area contributed by atoms with E-state index in [1.54, 1.807) is 39.8 Å². The summed E-state index contributed by atoms with van der Waals surface area (Å²) in [6.45, 7) is 1.44. The van der Waals surface area contributed by atoms with Crippen LogP contribution in [0.1, 0.15) is 93.2 Å². The number of aliphatic hydroxyl groups excluding tert-OH is 2. The minimum atomic E-state index is -0.632. The number of aliphatic hydroxyl groups is 2. The Morgan fingerprint density at radius 3 is 2.52 bits per heavy atom. The third kappa shape index (κ3) is 10.8. The summed E-state index contributed by atoms with van der Waals surface area (Å²) in [5, 5.41) is 51.6. The lowest BCUT2D eigenvalue weighted by Crippen LogP contribution is -2.38. The first-order chi connectivity index (χ1) is 27.1. The number of ether oxygens (including phenoxy) is 2. The Kier molecular flexibility index (Phi) is 15.0. The molecule has 1 saturated carbocycles. The van der Waals surface area contributed by atoms with Crippen LogP contribution in [0, 0.1) is 0 Å². The molecule has 1 fully saturated rings. The monoisotopic (exact) mass is 802 g/mol. The molecule has 3 atom stereocenters. The molecular formula is C44H54N2O8S2. The van der Waals surface area contributed by atoms with Gasteiger partial charge in [0.05, 0.1) is 32.5 Å². The molecule has 300 valence electrons. The number of Topliss-reactive ketones (excluding diaryl/α,β-unsaturated/α-hetero) is 2. The van der Waals surface area contributed by atoms with Gasteiger partial charge in [-0.05, 0) is 102 Å². The minimum absolute atomic E-state index is 0.00363. The van der Waals surface area contributed by atoms with Crippen LogP contribution >= 0.6 is 21.6 Å². The smallest absolute Gasteiger partial charge is 0.168 e. The first-order valence-corrected chi connectivity index (χ1v) is 22.1. The number of fused-ring (bicyclic) bond motifs is 5. The maximum atomic E-state index is 14.0. The molecule has 4 aromatic rings. The highest BCUT2D eigenvalue weighted by atomic mass is 33.1. The fourth-order valence-electron chi connectivity index (χ4n) is 7.81. The van der Waals surface area contributed by atoms with Crippen molar-refractivity contribution in [3.63, 3.8) is 0 Å². The molecule has 0 radical (unpaired) electrons. The van der Waals surface area contributed by atoms with Crippen molar-refractivity contribution in [1.82, 2.24) is 5.32 Å². The van der Waals surface area contributed by atoms with Gasteiger partial charge in [-0.2, -0.15) is 0 Å². The molecule has 0 spiro atoms. The van der Waals surface area contributed by atoms with Crippen molar-refractivity contribution in [2.45, 2.75) is 108 Å². The fourth-order valence-corrected chi connectivity index (χ4v) is 10.1. The van der Waals surface area contributed by atoms with Crippen molar-refractivity contribution in [2.75, 3.05) is 24.7 Å². The third-order valence-corrected chi connectivity index (χ3v) is 13.1. The van der Waals surface area contributed by atoms with Crippen LogP contribution in [0.5, 0.6) is 17.2 Å². The fraction of sp³-hybridized carbons (Fsp3) is 0.455. The number of aromatic hydroxyl groups is 2. The van der Waals surface area contributed by atoms with Gasteiger partial charge in [0.2, 0.25) is 0 Å². The van der Waals surface area contributed by atoms with Crippen molar-refractivity contribution < 1.29 is 39.5 Å². The van der Waals surface area contributed by atoms with Gasteiger partial charge in [-0.1, -0.05) is 71.2 Å². The van der Waals surface area contributed by atoms with Gasteiger partial charge in [-0.25, -0.2) is 0 Å². The molecule has 0 bridgehead atoms. The predicted octanol–water partition coefficient (Wildman–Crippen LogP) is 8.35. The lowest BCUT2D eigenvalue weighted by Gasteiger charge is -2.32. The van der Waals surface area contributed by atoms with Crippen LogP contribution in [0.25, 0.3) is 21.9 Å². The number of hydrogen-bond donors (Lipinski definition) is 6. The average molecular weight is 803 g/mol. The second-order valence-corrected chi connectivity index (χ2v) is 17.4. The summed E-state index contributed by atoms with van der Waals surface area (Å²) >= 11 is 0. The largest absolute Gasteiger partial charge is 0.508 e. The predicted molar refractivity (Wildman–Crippen MR) is 225 cm³/mol. The highest BCUT2D eigenvalue weighted by molar-refractivity contribution is 8.76. The summed E-state index contributed by atoms with van der Waals surface area (Å²) in [5.74, 6) is 1.50. The van der Waals surface area contributed by atoms with Gasteiger partial charge in [0.1, 0.15) is 23.5 Å². The zero-order valence-corrected chi connectivity index (χ0v) is 33.9. The molecular weight excluding hydrogens is 749 g/mol. The van der Waals surface area contributed by atoms with Crippen LogP contribution in [0.15, 0.2) is 60.7 Å².